The van der Waals surface area contributed by atoms with E-state index in [1.165, 1.54) is 4.90 Å². The van der Waals surface area contributed by atoms with Gasteiger partial charge in [0.05, 0.1) is 6.42 Å². The number of amides is 2. The van der Waals surface area contributed by atoms with Gasteiger partial charge in [0.2, 0.25) is 11.8 Å². The van der Waals surface area contributed by atoms with Crippen molar-refractivity contribution in [1.82, 2.24) is 10.2 Å². The van der Waals surface area contributed by atoms with Gasteiger partial charge in [-0.05, 0) is 49.6 Å². The zero-order valence-corrected chi connectivity index (χ0v) is 20.7. The Labute approximate surface area is 203 Å². The van der Waals surface area contributed by atoms with E-state index in [9.17, 15) is 9.59 Å². The van der Waals surface area contributed by atoms with Gasteiger partial charge in [-0.1, -0.05) is 72.4 Å². The first-order chi connectivity index (χ1) is 14.7. The first-order valence-corrected chi connectivity index (χ1v) is 11.7. The summed E-state index contributed by atoms with van der Waals surface area (Å²) in [5.41, 5.74) is 1.22. The lowest BCUT2D eigenvalue weighted by Crippen LogP contribution is -2.51. The summed E-state index contributed by atoms with van der Waals surface area (Å²) < 4.78 is 0. The van der Waals surface area contributed by atoms with E-state index in [1.54, 1.807) is 36.4 Å². The molecular weight excluding hydrogens is 478 g/mol. The maximum Gasteiger partial charge on any atom is 0.243 e. The number of carbonyl (C=O) groups is 2. The Balaban J connectivity index is 2.40. The first-order valence-electron chi connectivity index (χ1n) is 10.1. The summed E-state index contributed by atoms with van der Waals surface area (Å²) in [6.07, 6.45) is 1.24. The van der Waals surface area contributed by atoms with Crippen LogP contribution in [0.15, 0.2) is 36.4 Å². The fourth-order valence-corrected chi connectivity index (χ4v) is 4.14. The number of hydrogen-bond donors (Lipinski definition) is 1. The summed E-state index contributed by atoms with van der Waals surface area (Å²) in [5, 5.41) is 4.73. The lowest BCUT2D eigenvalue weighted by Gasteiger charge is -2.32. The second-order valence-electron chi connectivity index (χ2n) is 7.38. The molecule has 0 saturated carbocycles. The standard InChI is InChI=1S/C23H26Cl4N2O2/c1-4-14(3)28-23(31)21(5-2)29(13-17-18(25)7-6-8-19(17)26)22(30)11-15-9-10-16(24)12-20(15)27/h6-10,12,14,21H,4-5,11,13H2,1-3H3,(H,28,31)/t14-,21+/m1/s1. The molecule has 2 aromatic carbocycles. The van der Waals surface area contributed by atoms with Crippen LogP contribution in [0.3, 0.4) is 0 Å². The quantitative estimate of drug-likeness (QED) is 0.421. The normalized spacial score (nSPS) is 12.9. The summed E-state index contributed by atoms with van der Waals surface area (Å²) in [6, 6.07) is 9.45. The number of nitrogens with zero attached hydrogens (tertiary/aromatic N) is 1. The number of halogens is 4. The Morgan fingerprint density at radius 2 is 1.61 bits per heavy atom. The molecule has 0 aliphatic rings. The monoisotopic (exact) mass is 502 g/mol. The fourth-order valence-electron chi connectivity index (χ4n) is 3.14. The van der Waals surface area contributed by atoms with Crippen molar-refractivity contribution in [2.45, 2.75) is 58.7 Å². The van der Waals surface area contributed by atoms with Gasteiger partial charge in [-0.3, -0.25) is 9.59 Å². The Kier molecular flexibility index (Phi) is 9.95. The molecule has 0 saturated heterocycles. The molecule has 8 heteroatoms. The van der Waals surface area contributed by atoms with Crippen molar-refractivity contribution in [3.8, 4) is 0 Å². The number of rotatable bonds is 9. The summed E-state index contributed by atoms with van der Waals surface area (Å²) in [5.74, 6) is -0.470. The van der Waals surface area contributed by atoms with Gasteiger partial charge in [0, 0.05) is 38.2 Å². The van der Waals surface area contributed by atoms with Crippen LogP contribution in [-0.4, -0.2) is 28.8 Å². The fraction of sp³-hybridized carbons (Fsp3) is 0.391. The zero-order chi connectivity index (χ0) is 23.1. The van der Waals surface area contributed by atoms with Gasteiger partial charge in [-0.2, -0.15) is 0 Å². The van der Waals surface area contributed by atoms with E-state index < -0.39 is 6.04 Å². The summed E-state index contributed by atoms with van der Waals surface area (Å²) in [6.45, 7) is 5.88. The second kappa shape index (κ2) is 12.0. The molecular formula is C23H26Cl4N2O2. The predicted molar refractivity (Wildman–Crippen MR) is 129 cm³/mol. The van der Waals surface area contributed by atoms with E-state index >= 15 is 0 Å². The van der Waals surface area contributed by atoms with Crippen LogP contribution in [0.1, 0.15) is 44.7 Å². The number of nitrogens with one attached hydrogen (secondary N) is 1. The number of benzene rings is 2. The minimum absolute atomic E-state index is 0.00638. The van der Waals surface area contributed by atoms with Gasteiger partial charge in [-0.15, -0.1) is 0 Å². The van der Waals surface area contributed by atoms with E-state index in [-0.39, 0.29) is 30.8 Å². The molecule has 0 aliphatic heterocycles. The van der Waals surface area contributed by atoms with Crippen LogP contribution in [0.25, 0.3) is 0 Å². The highest BCUT2D eigenvalue weighted by molar-refractivity contribution is 6.36. The van der Waals surface area contributed by atoms with Crippen LogP contribution in [0.5, 0.6) is 0 Å². The molecule has 0 unspecified atom stereocenters. The van der Waals surface area contributed by atoms with E-state index in [2.05, 4.69) is 5.32 Å². The predicted octanol–water partition coefficient (Wildman–Crippen LogP) is 6.56. The minimum Gasteiger partial charge on any atom is -0.352 e. The molecule has 0 aliphatic carbocycles. The molecule has 4 nitrogen and oxygen atoms in total. The van der Waals surface area contributed by atoms with Crippen molar-refractivity contribution >= 4 is 58.2 Å². The number of carbonyl (C=O) groups excluding carboxylic acids is 2. The van der Waals surface area contributed by atoms with Gasteiger partial charge in [0.25, 0.3) is 0 Å². The third-order valence-corrected chi connectivity index (χ3v) is 6.43. The molecule has 2 aromatic rings. The van der Waals surface area contributed by atoms with E-state index in [1.807, 2.05) is 20.8 Å². The van der Waals surface area contributed by atoms with Crippen molar-refractivity contribution in [1.29, 1.82) is 0 Å². The highest BCUT2D eigenvalue weighted by Crippen LogP contribution is 2.28. The van der Waals surface area contributed by atoms with Gasteiger partial charge in [-0.25, -0.2) is 0 Å². The molecule has 0 bridgehead atoms. The first kappa shape index (κ1) is 25.8. The molecule has 2 amide bonds. The molecule has 31 heavy (non-hydrogen) atoms. The second-order valence-corrected chi connectivity index (χ2v) is 9.03. The molecule has 2 atom stereocenters. The van der Waals surface area contributed by atoms with Gasteiger partial charge < -0.3 is 10.2 Å². The van der Waals surface area contributed by atoms with Gasteiger partial charge in [0.1, 0.15) is 6.04 Å². The van der Waals surface area contributed by atoms with Gasteiger partial charge >= 0.3 is 0 Å². The molecule has 0 fully saturated rings. The summed E-state index contributed by atoms with van der Waals surface area (Å²) in [7, 11) is 0. The highest BCUT2D eigenvalue weighted by atomic mass is 35.5. The van der Waals surface area contributed by atoms with E-state index in [0.29, 0.717) is 37.6 Å². The Bertz CT molecular complexity index is 916. The summed E-state index contributed by atoms with van der Waals surface area (Å²) in [4.78, 5) is 27.9. The lowest BCUT2D eigenvalue weighted by molar-refractivity contribution is -0.141. The number of hydrogen-bond acceptors (Lipinski definition) is 2. The topological polar surface area (TPSA) is 49.4 Å². The van der Waals surface area contributed by atoms with Crippen LogP contribution >= 0.6 is 46.4 Å². The molecule has 1 N–H and O–H groups in total. The third kappa shape index (κ3) is 7.01. The Hall–Kier alpha value is -1.46. The lowest BCUT2D eigenvalue weighted by atomic mass is 10.1. The van der Waals surface area contributed by atoms with Crippen molar-refractivity contribution < 1.29 is 9.59 Å². The molecule has 168 valence electrons. The van der Waals surface area contributed by atoms with Crippen LogP contribution < -0.4 is 5.32 Å². The average molecular weight is 504 g/mol. The maximum atomic E-state index is 13.4. The van der Waals surface area contributed by atoms with E-state index in [0.717, 1.165) is 6.42 Å². The molecule has 0 radical (unpaired) electrons. The average Bonchev–Trinajstić information content (AvgIpc) is 2.71. The van der Waals surface area contributed by atoms with Crippen molar-refractivity contribution in [3.63, 3.8) is 0 Å². The molecule has 0 aromatic heterocycles. The maximum absolute atomic E-state index is 13.4. The van der Waals surface area contributed by atoms with Gasteiger partial charge in [0.15, 0.2) is 0 Å². The minimum atomic E-state index is -0.681. The summed E-state index contributed by atoms with van der Waals surface area (Å²) >= 11 is 25.0. The van der Waals surface area contributed by atoms with E-state index in [4.69, 9.17) is 46.4 Å². The Morgan fingerprint density at radius 3 is 2.16 bits per heavy atom. The molecule has 0 spiro atoms. The van der Waals surface area contributed by atoms with Crippen molar-refractivity contribution in [2.75, 3.05) is 0 Å². The largest absolute Gasteiger partial charge is 0.352 e. The zero-order valence-electron chi connectivity index (χ0n) is 17.7. The third-order valence-electron chi connectivity index (χ3n) is 5.13. The highest BCUT2D eigenvalue weighted by Gasteiger charge is 2.30. The SMILES string of the molecule is CC[C@@H](C)NC(=O)[C@H](CC)N(Cc1c(Cl)cccc1Cl)C(=O)Cc1ccc(Cl)cc1Cl. The molecule has 2 rings (SSSR count). The van der Waals surface area contributed by atoms with Crippen LogP contribution in [-0.2, 0) is 22.6 Å². The van der Waals surface area contributed by atoms with Crippen molar-refractivity contribution in [2.24, 2.45) is 0 Å². The Morgan fingerprint density at radius 1 is 0.968 bits per heavy atom. The van der Waals surface area contributed by atoms with Crippen LogP contribution in [0, 0.1) is 0 Å². The van der Waals surface area contributed by atoms with Crippen LogP contribution in [0.2, 0.25) is 20.1 Å². The van der Waals surface area contributed by atoms with Crippen LogP contribution in [0.4, 0.5) is 0 Å². The van der Waals surface area contributed by atoms with Crippen molar-refractivity contribution in [3.05, 3.63) is 67.6 Å². The molecule has 0 heterocycles. The smallest absolute Gasteiger partial charge is 0.243 e.